The Hall–Kier alpha value is -2.10. The summed E-state index contributed by atoms with van der Waals surface area (Å²) in [5, 5.41) is 7.14. The molecule has 2 aliphatic heterocycles. The maximum Gasteiger partial charge on any atom is 0.289 e. The van der Waals surface area contributed by atoms with Crippen molar-refractivity contribution in [1.82, 2.24) is 15.2 Å². The van der Waals surface area contributed by atoms with Crippen LogP contribution >= 0.6 is 11.3 Å². The van der Waals surface area contributed by atoms with Gasteiger partial charge in [0.15, 0.2) is 10.8 Å². The Morgan fingerprint density at radius 1 is 1.37 bits per heavy atom. The molecule has 0 saturated carbocycles. The van der Waals surface area contributed by atoms with Crippen LogP contribution in [0.5, 0.6) is 0 Å². The summed E-state index contributed by atoms with van der Waals surface area (Å²) in [5.74, 6) is 0.648. The zero-order valence-electron chi connectivity index (χ0n) is 14.9. The quantitative estimate of drug-likeness (QED) is 0.832. The summed E-state index contributed by atoms with van der Waals surface area (Å²) < 4.78 is 31.7. The summed E-state index contributed by atoms with van der Waals surface area (Å²) in [5.41, 5.74) is 2.08. The second kappa shape index (κ2) is 7.87. The van der Waals surface area contributed by atoms with Crippen LogP contribution < -0.4 is 10.6 Å². The number of piperazine rings is 1. The second-order valence-corrected chi connectivity index (χ2v) is 7.52. The van der Waals surface area contributed by atoms with E-state index in [0.29, 0.717) is 23.1 Å². The van der Waals surface area contributed by atoms with Gasteiger partial charge in [-0.3, -0.25) is 0 Å². The first-order valence-electron chi connectivity index (χ1n) is 8.87. The molecule has 0 bridgehead atoms. The van der Waals surface area contributed by atoms with Crippen LogP contribution in [0.25, 0.3) is 0 Å². The van der Waals surface area contributed by atoms with Crippen molar-refractivity contribution in [1.29, 1.82) is 0 Å². The number of anilines is 2. The fourth-order valence-electron chi connectivity index (χ4n) is 3.32. The SMILES string of the molecule is COCCC1CN(C2=Nc3ccccc3Nc3sc(C(F)F)nc32)CCN1. The average molecular weight is 393 g/mol. The number of thiazole rings is 1. The van der Waals surface area contributed by atoms with Gasteiger partial charge >= 0.3 is 0 Å². The highest BCUT2D eigenvalue weighted by Crippen LogP contribution is 2.39. The van der Waals surface area contributed by atoms with E-state index in [1.54, 1.807) is 7.11 Å². The first-order chi connectivity index (χ1) is 13.2. The number of methoxy groups -OCH3 is 1. The van der Waals surface area contributed by atoms with Crippen molar-refractivity contribution in [2.24, 2.45) is 4.99 Å². The number of hydrogen-bond acceptors (Lipinski definition) is 7. The molecular weight excluding hydrogens is 372 g/mol. The van der Waals surface area contributed by atoms with E-state index in [4.69, 9.17) is 9.73 Å². The Bertz CT molecular complexity index is 841. The van der Waals surface area contributed by atoms with Gasteiger partial charge in [0.2, 0.25) is 0 Å². The van der Waals surface area contributed by atoms with Gasteiger partial charge in [-0.15, -0.1) is 0 Å². The molecule has 2 N–H and O–H groups in total. The Kier molecular flexibility index (Phi) is 5.33. The molecule has 0 radical (unpaired) electrons. The van der Waals surface area contributed by atoms with Crippen LogP contribution in [0.15, 0.2) is 29.3 Å². The molecule has 3 heterocycles. The van der Waals surface area contributed by atoms with Crippen LogP contribution in [0.3, 0.4) is 0 Å². The summed E-state index contributed by atoms with van der Waals surface area (Å²) in [6.07, 6.45) is -1.72. The Morgan fingerprint density at radius 2 is 2.22 bits per heavy atom. The molecule has 144 valence electrons. The average Bonchev–Trinajstić information content (AvgIpc) is 3.03. The van der Waals surface area contributed by atoms with E-state index in [2.05, 4.69) is 20.5 Å². The van der Waals surface area contributed by atoms with Crippen molar-refractivity contribution in [2.45, 2.75) is 18.9 Å². The van der Waals surface area contributed by atoms with E-state index in [9.17, 15) is 8.78 Å². The highest BCUT2D eigenvalue weighted by molar-refractivity contribution is 7.16. The van der Waals surface area contributed by atoms with Crippen LogP contribution in [0.4, 0.5) is 25.2 Å². The first kappa shape index (κ1) is 18.3. The normalized spacial score (nSPS) is 19.2. The minimum atomic E-state index is -2.60. The maximum atomic E-state index is 13.3. The second-order valence-electron chi connectivity index (χ2n) is 6.49. The number of nitrogens with one attached hydrogen (secondary N) is 2. The lowest BCUT2D eigenvalue weighted by atomic mass is 10.1. The number of nitrogens with zero attached hydrogens (tertiary/aromatic N) is 3. The number of aromatic nitrogens is 1. The fraction of sp³-hybridized carbons (Fsp3) is 0.444. The number of ether oxygens (including phenoxy) is 1. The zero-order chi connectivity index (χ0) is 18.8. The number of amidine groups is 1. The Morgan fingerprint density at radius 3 is 3.04 bits per heavy atom. The monoisotopic (exact) mass is 393 g/mol. The fourth-order valence-corrected chi connectivity index (χ4v) is 4.15. The number of rotatable bonds is 4. The molecule has 1 fully saturated rings. The van der Waals surface area contributed by atoms with Gasteiger partial charge in [0.05, 0.1) is 11.4 Å². The predicted octanol–water partition coefficient (Wildman–Crippen LogP) is 3.53. The largest absolute Gasteiger partial charge is 0.385 e. The molecule has 6 nitrogen and oxygen atoms in total. The summed E-state index contributed by atoms with van der Waals surface area (Å²) in [4.78, 5) is 11.2. The number of halogens is 2. The molecule has 1 saturated heterocycles. The molecule has 9 heteroatoms. The van der Waals surface area contributed by atoms with Gasteiger partial charge < -0.3 is 20.3 Å². The van der Waals surface area contributed by atoms with E-state index >= 15 is 0 Å². The molecule has 1 aromatic carbocycles. The van der Waals surface area contributed by atoms with Crippen molar-refractivity contribution in [2.75, 3.05) is 38.7 Å². The molecule has 27 heavy (non-hydrogen) atoms. The topological polar surface area (TPSA) is 61.8 Å². The highest BCUT2D eigenvalue weighted by atomic mass is 32.1. The van der Waals surface area contributed by atoms with Crippen molar-refractivity contribution in [3.63, 3.8) is 0 Å². The molecule has 0 amide bonds. The van der Waals surface area contributed by atoms with Crippen LogP contribution in [-0.4, -0.2) is 55.1 Å². The summed E-state index contributed by atoms with van der Waals surface area (Å²) in [6.45, 7) is 2.93. The smallest absolute Gasteiger partial charge is 0.289 e. The van der Waals surface area contributed by atoms with Gasteiger partial charge in [-0.25, -0.2) is 18.8 Å². The van der Waals surface area contributed by atoms with E-state index < -0.39 is 6.43 Å². The Labute approximate surface area is 160 Å². The lowest BCUT2D eigenvalue weighted by Crippen LogP contribution is -2.53. The summed E-state index contributed by atoms with van der Waals surface area (Å²) >= 11 is 0.987. The van der Waals surface area contributed by atoms with Crippen molar-refractivity contribution < 1.29 is 13.5 Å². The number of benzene rings is 1. The predicted molar refractivity (Wildman–Crippen MR) is 103 cm³/mol. The molecule has 2 aromatic rings. The third-order valence-corrected chi connectivity index (χ3v) is 5.62. The van der Waals surface area contributed by atoms with Crippen molar-refractivity contribution in [3.8, 4) is 0 Å². The van der Waals surface area contributed by atoms with Crippen LogP contribution in [0.1, 0.15) is 23.5 Å². The molecule has 4 rings (SSSR count). The summed E-state index contributed by atoms with van der Waals surface area (Å²) in [6, 6.07) is 7.87. The number of aliphatic imine (C=N–C) groups is 1. The maximum absolute atomic E-state index is 13.3. The lowest BCUT2D eigenvalue weighted by molar-refractivity contribution is 0.151. The third-order valence-electron chi connectivity index (χ3n) is 4.65. The van der Waals surface area contributed by atoms with E-state index in [0.717, 1.165) is 48.8 Å². The molecule has 1 unspecified atom stereocenters. The van der Waals surface area contributed by atoms with E-state index in [1.165, 1.54) is 0 Å². The van der Waals surface area contributed by atoms with Gasteiger partial charge in [-0.1, -0.05) is 23.5 Å². The number of fused-ring (bicyclic) bond motifs is 2. The van der Waals surface area contributed by atoms with Gasteiger partial charge in [0, 0.05) is 39.4 Å². The van der Waals surface area contributed by atoms with Crippen molar-refractivity contribution >= 4 is 33.5 Å². The van der Waals surface area contributed by atoms with Gasteiger partial charge in [0.1, 0.15) is 10.7 Å². The summed E-state index contributed by atoms with van der Waals surface area (Å²) in [7, 11) is 1.69. The van der Waals surface area contributed by atoms with Gasteiger partial charge in [0.25, 0.3) is 6.43 Å². The highest BCUT2D eigenvalue weighted by Gasteiger charge is 2.30. The van der Waals surface area contributed by atoms with Gasteiger partial charge in [-0.05, 0) is 18.6 Å². The van der Waals surface area contributed by atoms with Crippen LogP contribution in [0.2, 0.25) is 0 Å². The van der Waals surface area contributed by atoms with E-state index in [1.807, 2.05) is 24.3 Å². The number of para-hydroxylation sites is 2. The number of alkyl halides is 2. The third kappa shape index (κ3) is 3.80. The zero-order valence-corrected chi connectivity index (χ0v) is 15.7. The standard InChI is InChI=1S/C18H21F2N5OS/c1-26-9-6-11-10-25(8-7-21-11)16-14-17(27-18(24-14)15(19)20)23-13-5-3-2-4-12(13)22-16/h2-5,11,15,21,23H,6-10H2,1H3. The molecule has 0 spiro atoms. The number of hydrogen-bond donors (Lipinski definition) is 2. The minimum absolute atomic E-state index is 0.189. The molecular formula is C18H21F2N5OS. The molecule has 2 aliphatic rings. The Balaban J connectivity index is 1.72. The van der Waals surface area contributed by atoms with Crippen LogP contribution in [-0.2, 0) is 4.74 Å². The molecule has 0 aliphatic carbocycles. The lowest BCUT2D eigenvalue weighted by Gasteiger charge is -2.35. The van der Waals surface area contributed by atoms with E-state index in [-0.39, 0.29) is 11.0 Å². The van der Waals surface area contributed by atoms with Crippen molar-refractivity contribution in [3.05, 3.63) is 35.0 Å². The molecule has 1 aromatic heterocycles. The molecule has 1 atom stereocenters. The first-order valence-corrected chi connectivity index (χ1v) is 9.68. The minimum Gasteiger partial charge on any atom is -0.385 e. The van der Waals surface area contributed by atoms with Gasteiger partial charge in [-0.2, -0.15) is 0 Å². The van der Waals surface area contributed by atoms with Crippen LogP contribution in [0, 0.1) is 0 Å².